The fourth-order valence-corrected chi connectivity index (χ4v) is 1.79. The lowest BCUT2D eigenvalue weighted by molar-refractivity contribution is 0.0470. The van der Waals surface area contributed by atoms with Crippen molar-refractivity contribution < 1.29 is 23.0 Å². The normalized spacial score (nSPS) is 10.2. The van der Waals surface area contributed by atoms with Crippen LogP contribution in [-0.2, 0) is 11.3 Å². The number of nitrogen functional groups attached to an aromatic ring is 1. The Bertz CT molecular complexity index is 674. The van der Waals surface area contributed by atoms with E-state index in [-0.39, 0.29) is 23.6 Å². The number of anilines is 1. The highest BCUT2D eigenvalue weighted by molar-refractivity contribution is 5.98. The molecule has 2 aromatic rings. The van der Waals surface area contributed by atoms with Crippen LogP contribution in [0.4, 0.5) is 14.5 Å². The number of halogens is 2. The van der Waals surface area contributed by atoms with Gasteiger partial charge in [0.25, 0.3) is 0 Å². The van der Waals surface area contributed by atoms with Crippen LogP contribution in [0, 0.1) is 11.6 Å². The summed E-state index contributed by atoms with van der Waals surface area (Å²) in [5.74, 6) is -2.38. The number of benzene rings is 2. The number of hydrogen-bond acceptors (Lipinski definition) is 4. The standard InChI is InChI=1S/C15H13F2NO3/c1-20-13-4-2-3-12(18)14(13)15(19)21-8-9-5-6-10(16)11(17)7-9/h2-7H,8,18H2,1H3. The Hall–Kier alpha value is -2.63. The van der Waals surface area contributed by atoms with Crippen molar-refractivity contribution in [3.05, 3.63) is 59.2 Å². The molecule has 2 rings (SSSR count). The van der Waals surface area contributed by atoms with Crippen molar-refractivity contribution in [1.82, 2.24) is 0 Å². The van der Waals surface area contributed by atoms with Crippen LogP contribution in [0.25, 0.3) is 0 Å². The molecule has 6 heteroatoms. The summed E-state index contributed by atoms with van der Waals surface area (Å²) in [5, 5.41) is 0. The zero-order valence-electron chi connectivity index (χ0n) is 11.2. The van der Waals surface area contributed by atoms with E-state index in [4.69, 9.17) is 15.2 Å². The highest BCUT2D eigenvalue weighted by Crippen LogP contribution is 2.25. The van der Waals surface area contributed by atoms with E-state index in [1.807, 2.05) is 0 Å². The molecule has 0 amide bonds. The molecule has 0 atom stereocenters. The van der Waals surface area contributed by atoms with Gasteiger partial charge in [-0.05, 0) is 29.8 Å². The zero-order chi connectivity index (χ0) is 15.4. The third-order valence-electron chi connectivity index (χ3n) is 2.84. The Morgan fingerprint density at radius 3 is 2.62 bits per heavy atom. The average molecular weight is 293 g/mol. The van der Waals surface area contributed by atoms with E-state index in [0.717, 1.165) is 12.1 Å². The molecule has 0 spiro atoms. The van der Waals surface area contributed by atoms with Gasteiger partial charge < -0.3 is 15.2 Å². The lowest BCUT2D eigenvalue weighted by atomic mass is 10.1. The summed E-state index contributed by atoms with van der Waals surface area (Å²) in [6.07, 6.45) is 0. The molecule has 0 aromatic heterocycles. The van der Waals surface area contributed by atoms with E-state index in [1.165, 1.54) is 19.2 Å². The maximum absolute atomic E-state index is 13.1. The van der Waals surface area contributed by atoms with Crippen molar-refractivity contribution in [2.75, 3.05) is 12.8 Å². The molecule has 0 heterocycles. The first-order valence-electron chi connectivity index (χ1n) is 6.06. The van der Waals surface area contributed by atoms with Gasteiger partial charge in [0.05, 0.1) is 7.11 Å². The van der Waals surface area contributed by atoms with E-state index >= 15 is 0 Å². The number of methoxy groups -OCH3 is 1. The van der Waals surface area contributed by atoms with Crippen molar-refractivity contribution in [3.8, 4) is 5.75 Å². The number of ether oxygens (including phenoxy) is 2. The van der Waals surface area contributed by atoms with E-state index in [1.54, 1.807) is 12.1 Å². The Balaban J connectivity index is 2.13. The predicted octanol–water partition coefficient (Wildman–Crippen LogP) is 2.91. The molecule has 0 aliphatic rings. The Labute approximate surface area is 120 Å². The molecular formula is C15H13F2NO3. The van der Waals surface area contributed by atoms with E-state index in [2.05, 4.69) is 0 Å². The minimum Gasteiger partial charge on any atom is -0.496 e. The van der Waals surface area contributed by atoms with Crippen LogP contribution in [0.15, 0.2) is 36.4 Å². The summed E-state index contributed by atoms with van der Waals surface area (Å²) >= 11 is 0. The molecule has 0 aliphatic carbocycles. The summed E-state index contributed by atoms with van der Waals surface area (Å²) in [5.41, 5.74) is 6.36. The van der Waals surface area contributed by atoms with Crippen LogP contribution in [0.5, 0.6) is 5.75 Å². The smallest absolute Gasteiger partial charge is 0.344 e. The second-order valence-corrected chi connectivity index (χ2v) is 4.25. The number of carbonyl (C=O) groups excluding carboxylic acids is 1. The summed E-state index contributed by atoms with van der Waals surface area (Å²) in [7, 11) is 1.40. The highest BCUT2D eigenvalue weighted by Gasteiger charge is 2.17. The average Bonchev–Trinajstić information content (AvgIpc) is 2.47. The molecule has 2 N–H and O–H groups in total. The van der Waals surface area contributed by atoms with Crippen LogP contribution < -0.4 is 10.5 Å². The summed E-state index contributed by atoms with van der Waals surface area (Å²) in [6, 6.07) is 8.02. The lowest BCUT2D eigenvalue weighted by Gasteiger charge is -2.11. The molecule has 0 unspecified atom stereocenters. The maximum atomic E-state index is 13.1. The van der Waals surface area contributed by atoms with Crippen molar-refractivity contribution in [2.45, 2.75) is 6.61 Å². The molecule has 110 valence electrons. The van der Waals surface area contributed by atoms with Gasteiger partial charge in [0.15, 0.2) is 11.6 Å². The van der Waals surface area contributed by atoms with Gasteiger partial charge in [0.1, 0.15) is 17.9 Å². The van der Waals surface area contributed by atoms with Gasteiger partial charge in [0.2, 0.25) is 0 Å². The molecule has 4 nitrogen and oxygen atoms in total. The minimum atomic E-state index is -1.000. The summed E-state index contributed by atoms with van der Waals surface area (Å²) < 4.78 is 35.9. The predicted molar refractivity (Wildman–Crippen MR) is 72.9 cm³/mol. The number of carbonyl (C=O) groups is 1. The van der Waals surface area contributed by atoms with Gasteiger partial charge in [-0.15, -0.1) is 0 Å². The first-order chi connectivity index (χ1) is 10.0. The zero-order valence-corrected chi connectivity index (χ0v) is 11.2. The molecule has 2 aromatic carbocycles. The molecule has 21 heavy (non-hydrogen) atoms. The topological polar surface area (TPSA) is 61.5 Å². The van der Waals surface area contributed by atoms with Crippen LogP contribution in [0.1, 0.15) is 15.9 Å². The van der Waals surface area contributed by atoms with Gasteiger partial charge >= 0.3 is 5.97 Å². The van der Waals surface area contributed by atoms with Gasteiger partial charge in [-0.25, -0.2) is 13.6 Å². The quantitative estimate of drug-likeness (QED) is 0.695. The van der Waals surface area contributed by atoms with Crippen LogP contribution in [-0.4, -0.2) is 13.1 Å². The first kappa shape index (κ1) is 14.8. The third-order valence-corrected chi connectivity index (χ3v) is 2.84. The van der Waals surface area contributed by atoms with Gasteiger partial charge in [-0.2, -0.15) is 0 Å². The van der Waals surface area contributed by atoms with Crippen molar-refractivity contribution in [2.24, 2.45) is 0 Å². The summed E-state index contributed by atoms with van der Waals surface area (Å²) in [4.78, 5) is 12.0. The molecule has 0 aliphatic heterocycles. The maximum Gasteiger partial charge on any atom is 0.344 e. The molecule has 0 saturated carbocycles. The van der Waals surface area contributed by atoms with E-state index < -0.39 is 17.6 Å². The SMILES string of the molecule is COc1cccc(N)c1C(=O)OCc1ccc(F)c(F)c1. The minimum absolute atomic E-state index is 0.0996. The van der Waals surface area contributed by atoms with Crippen molar-refractivity contribution >= 4 is 11.7 Å². The molecule has 0 radical (unpaired) electrons. The Morgan fingerprint density at radius 1 is 1.19 bits per heavy atom. The van der Waals surface area contributed by atoms with Crippen LogP contribution in [0.3, 0.4) is 0 Å². The largest absolute Gasteiger partial charge is 0.496 e. The van der Waals surface area contributed by atoms with Crippen LogP contribution in [0.2, 0.25) is 0 Å². The molecular weight excluding hydrogens is 280 g/mol. The fraction of sp³-hybridized carbons (Fsp3) is 0.133. The molecule has 0 bridgehead atoms. The second-order valence-electron chi connectivity index (χ2n) is 4.25. The third kappa shape index (κ3) is 3.28. The van der Waals surface area contributed by atoms with E-state index in [9.17, 15) is 13.6 Å². The van der Waals surface area contributed by atoms with E-state index in [0.29, 0.717) is 5.56 Å². The number of nitrogens with two attached hydrogens (primary N) is 1. The fourth-order valence-electron chi connectivity index (χ4n) is 1.79. The summed E-state index contributed by atoms with van der Waals surface area (Å²) in [6.45, 7) is -0.201. The Morgan fingerprint density at radius 2 is 1.95 bits per heavy atom. The van der Waals surface area contributed by atoms with Crippen LogP contribution >= 0.6 is 0 Å². The second kappa shape index (κ2) is 6.21. The van der Waals surface area contributed by atoms with Gasteiger partial charge in [0, 0.05) is 5.69 Å². The van der Waals surface area contributed by atoms with Gasteiger partial charge in [-0.3, -0.25) is 0 Å². The molecule has 0 fully saturated rings. The lowest BCUT2D eigenvalue weighted by Crippen LogP contribution is -2.10. The highest BCUT2D eigenvalue weighted by atomic mass is 19.2. The molecule has 0 saturated heterocycles. The van der Waals surface area contributed by atoms with Crippen molar-refractivity contribution in [3.63, 3.8) is 0 Å². The monoisotopic (exact) mass is 293 g/mol. The number of rotatable bonds is 4. The Kier molecular flexibility index (Phi) is 4.37. The number of hydrogen-bond donors (Lipinski definition) is 1. The van der Waals surface area contributed by atoms with Gasteiger partial charge in [-0.1, -0.05) is 12.1 Å². The van der Waals surface area contributed by atoms with Crippen molar-refractivity contribution in [1.29, 1.82) is 0 Å². The number of esters is 1. The first-order valence-corrected chi connectivity index (χ1v) is 6.06.